The third-order valence-corrected chi connectivity index (χ3v) is 5.67. The van der Waals surface area contributed by atoms with Crippen LogP contribution in [-0.2, 0) is 21.1 Å². The minimum absolute atomic E-state index is 0. The maximum atomic E-state index is 4.42. The van der Waals surface area contributed by atoms with Gasteiger partial charge in [0.1, 0.15) is 0 Å². The minimum atomic E-state index is 0. The summed E-state index contributed by atoms with van der Waals surface area (Å²) in [6.07, 6.45) is 3.67. The number of hydrogen-bond acceptors (Lipinski definition) is 6. The van der Waals surface area contributed by atoms with Crippen LogP contribution < -0.4 is 19.6 Å². The minimum Gasteiger partial charge on any atom is -0.394 e. The van der Waals surface area contributed by atoms with Crippen molar-refractivity contribution in [1.29, 1.82) is 0 Å². The van der Waals surface area contributed by atoms with E-state index in [4.69, 9.17) is 0 Å². The van der Waals surface area contributed by atoms with Gasteiger partial charge in [-0.05, 0) is 34.9 Å². The van der Waals surface area contributed by atoms with E-state index >= 15 is 0 Å². The van der Waals surface area contributed by atoms with Crippen LogP contribution in [0.25, 0.3) is 22.5 Å². The van der Waals surface area contributed by atoms with Crippen LogP contribution in [0.4, 0.5) is 22.7 Å². The van der Waals surface area contributed by atoms with Gasteiger partial charge in [-0.2, -0.15) is 0 Å². The molecule has 0 saturated carbocycles. The quantitative estimate of drug-likeness (QED) is 0.257. The van der Waals surface area contributed by atoms with Crippen LogP contribution >= 0.6 is 0 Å². The summed E-state index contributed by atoms with van der Waals surface area (Å²) >= 11 is 0. The van der Waals surface area contributed by atoms with Gasteiger partial charge in [0.25, 0.3) is 0 Å². The van der Waals surface area contributed by atoms with Gasteiger partial charge in [0.15, 0.2) is 0 Å². The van der Waals surface area contributed by atoms with E-state index in [1.165, 1.54) is 0 Å². The van der Waals surface area contributed by atoms with Gasteiger partial charge in [-0.1, -0.05) is 12.1 Å². The summed E-state index contributed by atoms with van der Waals surface area (Å²) in [6.45, 7) is 0. The molecule has 196 valence electrons. The van der Waals surface area contributed by atoms with Crippen LogP contribution in [0.3, 0.4) is 0 Å². The number of benzene rings is 2. The Morgan fingerprint density at radius 2 is 0.811 bits per heavy atom. The topological polar surface area (TPSA) is 38.7 Å². The van der Waals surface area contributed by atoms with Crippen molar-refractivity contribution in [1.82, 2.24) is 9.97 Å². The smallest absolute Gasteiger partial charge is 0.394 e. The predicted octanol–water partition coefficient (Wildman–Crippen LogP) is 5.36. The molecule has 0 amide bonds. The Labute approximate surface area is 236 Å². The number of anilines is 4. The second kappa shape index (κ2) is 13.8. The Morgan fingerprint density at radius 1 is 0.486 bits per heavy atom. The molecule has 0 unspecified atom stereocenters. The van der Waals surface area contributed by atoms with E-state index in [0.717, 1.165) is 45.3 Å². The monoisotopic (exact) mass is 675 g/mol. The molecule has 7 heteroatoms. The Morgan fingerprint density at radius 3 is 1.14 bits per heavy atom. The molecule has 37 heavy (non-hydrogen) atoms. The molecular weight excluding hydrogens is 639 g/mol. The second-order valence-electron chi connectivity index (χ2n) is 9.30. The molecular formula is C30H36N6Pt. The molecule has 0 atom stereocenters. The maximum Gasteiger partial charge on any atom is 2.00 e. The number of aromatic nitrogens is 2. The molecule has 0 bridgehead atoms. The van der Waals surface area contributed by atoms with Crippen molar-refractivity contribution >= 4 is 22.7 Å². The molecule has 0 aliphatic carbocycles. The molecule has 2 aromatic heterocycles. The average Bonchev–Trinajstić information content (AvgIpc) is 2.89. The van der Waals surface area contributed by atoms with E-state index in [1.54, 1.807) is 0 Å². The second-order valence-corrected chi connectivity index (χ2v) is 9.30. The molecule has 0 aliphatic rings. The molecule has 2 heterocycles. The fraction of sp³-hybridized carbons (Fsp3) is 0.267. The summed E-state index contributed by atoms with van der Waals surface area (Å²) in [7, 11) is 16.2. The molecule has 0 aliphatic heterocycles. The summed E-state index contributed by atoms with van der Waals surface area (Å²) in [6, 6.07) is 26.8. The van der Waals surface area contributed by atoms with Crippen LogP contribution in [0.2, 0.25) is 0 Å². The third-order valence-electron chi connectivity index (χ3n) is 5.67. The van der Waals surface area contributed by atoms with Gasteiger partial charge in [0.2, 0.25) is 0 Å². The predicted molar refractivity (Wildman–Crippen MR) is 154 cm³/mol. The zero-order valence-electron chi connectivity index (χ0n) is 22.9. The number of rotatable bonds is 6. The summed E-state index contributed by atoms with van der Waals surface area (Å²) in [5, 5.41) is 0. The van der Waals surface area contributed by atoms with E-state index in [1.807, 2.05) is 105 Å². The molecule has 0 radical (unpaired) electrons. The van der Waals surface area contributed by atoms with Crippen molar-refractivity contribution in [3.8, 4) is 22.5 Å². The van der Waals surface area contributed by atoms with E-state index in [0.29, 0.717) is 0 Å². The van der Waals surface area contributed by atoms with Gasteiger partial charge in [-0.15, -0.1) is 59.7 Å². The van der Waals surface area contributed by atoms with Gasteiger partial charge in [0.05, 0.1) is 0 Å². The molecule has 4 rings (SSSR count). The van der Waals surface area contributed by atoms with E-state index in [9.17, 15) is 0 Å². The van der Waals surface area contributed by atoms with Gasteiger partial charge in [-0.3, -0.25) is 0 Å². The van der Waals surface area contributed by atoms with E-state index < -0.39 is 0 Å². The van der Waals surface area contributed by atoms with Crippen molar-refractivity contribution in [3.63, 3.8) is 0 Å². The van der Waals surface area contributed by atoms with Crippen molar-refractivity contribution in [2.24, 2.45) is 0 Å². The Kier molecular flexibility index (Phi) is 11.1. The van der Waals surface area contributed by atoms with Crippen LogP contribution in [0.5, 0.6) is 0 Å². The molecule has 2 aromatic carbocycles. The molecule has 0 fully saturated rings. The van der Waals surface area contributed by atoms with E-state index in [-0.39, 0.29) is 21.1 Å². The summed E-state index contributed by atoms with van der Waals surface area (Å²) in [5.41, 5.74) is 8.53. The summed E-state index contributed by atoms with van der Waals surface area (Å²) in [5.74, 6) is 0. The first-order chi connectivity index (χ1) is 17.2. The summed E-state index contributed by atoms with van der Waals surface area (Å²) in [4.78, 5) is 17.1. The van der Waals surface area contributed by atoms with Gasteiger partial charge >= 0.3 is 21.1 Å². The number of pyridine rings is 2. The SMILES string of the molecule is CN(C)c1cc[c-]c(-c2cc(N(C)C)ccn2)c1.CN(C)c1cc[c-]c(-c2cc(N(C)C)ccn2)c1.[Pt+2]. The number of hydrogen-bond donors (Lipinski definition) is 0. The van der Waals surface area contributed by atoms with Crippen LogP contribution in [0.1, 0.15) is 0 Å². The Hall–Kier alpha value is -3.37. The molecule has 0 spiro atoms. The Balaban J connectivity index is 0.000000253. The third kappa shape index (κ3) is 8.33. The standard InChI is InChI=1S/2C15H18N3.Pt/c2*1-17(2)13-7-5-6-12(10-13)15-11-14(18(3)4)8-9-16-15;/h2*5,7-11H,1-4H3;/q2*-1;+2. The van der Waals surface area contributed by atoms with Crippen LogP contribution in [0.15, 0.2) is 73.1 Å². The zero-order valence-corrected chi connectivity index (χ0v) is 25.2. The van der Waals surface area contributed by atoms with Crippen molar-refractivity contribution < 1.29 is 21.1 Å². The van der Waals surface area contributed by atoms with Crippen LogP contribution in [0, 0.1) is 12.1 Å². The molecule has 0 N–H and O–H groups in total. The first-order valence-corrected chi connectivity index (χ1v) is 11.8. The Bertz CT molecular complexity index is 1070. The molecule has 0 saturated heterocycles. The largest absolute Gasteiger partial charge is 2.00 e. The van der Waals surface area contributed by atoms with Crippen LogP contribution in [-0.4, -0.2) is 66.3 Å². The maximum absolute atomic E-state index is 4.42. The molecule has 4 aromatic rings. The fourth-order valence-corrected chi connectivity index (χ4v) is 3.45. The van der Waals surface area contributed by atoms with Gasteiger partial charge in [-0.25, -0.2) is 0 Å². The molecule has 6 nitrogen and oxygen atoms in total. The van der Waals surface area contributed by atoms with Crippen molar-refractivity contribution in [3.05, 3.63) is 85.2 Å². The normalized spacial score (nSPS) is 9.95. The van der Waals surface area contributed by atoms with Crippen molar-refractivity contribution in [2.75, 3.05) is 76.0 Å². The fourth-order valence-electron chi connectivity index (χ4n) is 3.45. The average molecular weight is 676 g/mol. The first kappa shape index (κ1) is 29.9. The first-order valence-electron chi connectivity index (χ1n) is 11.8. The zero-order chi connectivity index (χ0) is 26.2. The van der Waals surface area contributed by atoms with Gasteiger partial charge < -0.3 is 29.6 Å². The number of nitrogens with zero attached hydrogens (tertiary/aromatic N) is 6. The summed E-state index contributed by atoms with van der Waals surface area (Å²) < 4.78 is 0. The van der Waals surface area contributed by atoms with Crippen molar-refractivity contribution in [2.45, 2.75) is 0 Å². The van der Waals surface area contributed by atoms with E-state index in [2.05, 4.69) is 66.0 Å². The van der Waals surface area contributed by atoms with Gasteiger partial charge in [0, 0.05) is 80.1 Å².